The fraction of sp³-hybridized carbons (Fsp3) is 0.706. The van der Waals surface area contributed by atoms with Crippen LogP contribution in [0.2, 0.25) is 0 Å². The quantitative estimate of drug-likeness (QED) is 0.886. The van der Waals surface area contributed by atoms with Crippen molar-refractivity contribution in [2.24, 2.45) is 11.8 Å². The van der Waals surface area contributed by atoms with E-state index >= 15 is 0 Å². The van der Waals surface area contributed by atoms with Gasteiger partial charge in [-0.2, -0.15) is 13.2 Å². The number of amides is 1. The molecule has 0 spiro atoms. The third-order valence-electron chi connectivity index (χ3n) is 5.64. The minimum absolute atomic E-state index is 0.0478. The summed E-state index contributed by atoms with van der Waals surface area (Å²) in [6, 6.07) is 0.121. The van der Waals surface area contributed by atoms with Crippen molar-refractivity contribution in [3.63, 3.8) is 0 Å². The van der Waals surface area contributed by atoms with Crippen LogP contribution in [0.1, 0.15) is 41.7 Å². The predicted molar refractivity (Wildman–Crippen MR) is 86.6 cm³/mol. The zero-order valence-corrected chi connectivity index (χ0v) is 14.3. The molecule has 2 saturated carbocycles. The Balaban J connectivity index is 1.57. The highest BCUT2D eigenvalue weighted by Gasteiger charge is 2.42. The molecule has 4 rings (SSSR count). The summed E-state index contributed by atoms with van der Waals surface area (Å²) in [4.78, 5) is 21.5. The SMILES string of the molecule is O=C(c1cnc(N[C@H]2C[C@H]3CC[C@@H]2C3)nc1C(F)(F)F)N1CCOCC1. The predicted octanol–water partition coefficient (Wildman–Crippen LogP) is 2.57. The maximum Gasteiger partial charge on any atom is 0.434 e. The normalized spacial score (nSPS) is 28.4. The molecule has 2 aliphatic carbocycles. The van der Waals surface area contributed by atoms with Gasteiger partial charge in [0.15, 0.2) is 5.69 Å². The van der Waals surface area contributed by atoms with Crippen LogP contribution in [0.5, 0.6) is 0 Å². The van der Waals surface area contributed by atoms with Gasteiger partial charge in [0.1, 0.15) is 0 Å². The monoisotopic (exact) mass is 370 g/mol. The summed E-state index contributed by atoms with van der Waals surface area (Å²) in [5.41, 5.74) is -1.67. The van der Waals surface area contributed by atoms with E-state index in [1.165, 1.54) is 11.3 Å². The van der Waals surface area contributed by atoms with Crippen LogP contribution in [0.25, 0.3) is 0 Å². The first-order chi connectivity index (χ1) is 12.4. The van der Waals surface area contributed by atoms with Gasteiger partial charge in [-0.1, -0.05) is 6.42 Å². The molecule has 1 amide bonds. The van der Waals surface area contributed by atoms with Gasteiger partial charge >= 0.3 is 6.18 Å². The van der Waals surface area contributed by atoms with Gasteiger partial charge in [0.05, 0.1) is 18.8 Å². The number of morpholine rings is 1. The van der Waals surface area contributed by atoms with Crippen molar-refractivity contribution >= 4 is 11.9 Å². The average molecular weight is 370 g/mol. The van der Waals surface area contributed by atoms with Crippen molar-refractivity contribution in [2.75, 3.05) is 31.6 Å². The number of anilines is 1. The van der Waals surface area contributed by atoms with Crippen LogP contribution in [0.3, 0.4) is 0 Å². The minimum Gasteiger partial charge on any atom is -0.378 e. The zero-order chi connectivity index (χ0) is 18.3. The lowest BCUT2D eigenvalue weighted by Crippen LogP contribution is -2.41. The maximum absolute atomic E-state index is 13.5. The largest absolute Gasteiger partial charge is 0.434 e. The molecule has 2 heterocycles. The number of hydrogen-bond donors (Lipinski definition) is 1. The smallest absolute Gasteiger partial charge is 0.378 e. The molecule has 1 N–H and O–H groups in total. The summed E-state index contributed by atoms with van der Waals surface area (Å²) in [5.74, 6) is 0.384. The Hall–Kier alpha value is -1.90. The Morgan fingerprint density at radius 2 is 2.00 bits per heavy atom. The second kappa shape index (κ2) is 6.68. The zero-order valence-electron chi connectivity index (χ0n) is 14.3. The first kappa shape index (κ1) is 17.5. The number of carbonyl (C=O) groups excluding carboxylic acids is 1. The van der Waals surface area contributed by atoms with Crippen molar-refractivity contribution in [3.05, 3.63) is 17.5 Å². The van der Waals surface area contributed by atoms with E-state index in [0.717, 1.165) is 25.5 Å². The maximum atomic E-state index is 13.5. The van der Waals surface area contributed by atoms with E-state index in [2.05, 4.69) is 15.3 Å². The molecule has 9 heteroatoms. The van der Waals surface area contributed by atoms with E-state index in [0.29, 0.717) is 25.0 Å². The molecule has 0 radical (unpaired) electrons. The third-order valence-corrected chi connectivity index (χ3v) is 5.64. The molecule has 1 aromatic rings. The highest BCUT2D eigenvalue weighted by atomic mass is 19.4. The van der Waals surface area contributed by atoms with Crippen LogP contribution in [0.15, 0.2) is 6.20 Å². The van der Waals surface area contributed by atoms with Gasteiger partial charge in [0.2, 0.25) is 5.95 Å². The van der Waals surface area contributed by atoms with Crippen LogP contribution in [-0.4, -0.2) is 53.1 Å². The number of alkyl halides is 3. The van der Waals surface area contributed by atoms with Gasteiger partial charge in [-0.25, -0.2) is 9.97 Å². The topological polar surface area (TPSA) is 67.4 Å². The molecule has 26 heavy (non-hydrogen) atoms. The standard InChI is InChI=1S/C17H21F3N4O2/c18-17(19,20)14-12(15(25)24-3-5-26-6-4-24)9-21-16(23-14)22-13-8-10-1-2-11(13)7-10/h9-11,13H,1-8H2,(H,21,22,23)/t10-,11+,13-/m0/s1. The fourth-order valence-electron chi connectivity index (χ4n) is 4.35. The van der Waals surface area contributed by atoms with Crippen molar-refractivity contribution in [1.82, 2.24) is 14.9 Å². The van der Waals surface area contributed by atoms with E-state index in [4.69, 9.17) is 4.74 Å². The molecular formula is C17H21F3N4O2. The summed E-state index contributed by atoms with van der Waals surface area (Å²) in [7, 11) is 0. The molecule has 1 saturated heterocycles. The number of carbonyl (C=O) groups is 1. The number of nitrogens with zero attached hydrogens (tertiary/aromatic N) is 3. The van der Waals surface area contributed by atoms with Gasteiger partial charge in [-0.3, -0.25) is 4.79 Å². The van der Waals surface area contributed by atoms with E-state index in [-0.39, 0.29) is 25.1 Å². The summed E-state index contributed by atoms with van der Waals surface area (Å²) >= 11 is 0. The van der Waals surface area contributed by atoms with Crippen LogP contribution in [0, 0.1) is 11.8 Å². The number of halogens is 3. The van der Waals surface area contributed by atoms with E-state index in [9.17, 15) is 18.0 Å². The molecule has 1 aliphatic heterocycles. The second-order valence-electron chi connectivity index (χ2n) is 7.28. The van der Waals surface area contributed by atoms with Crippen molar-refractivity contribution in [3.8, 4) is 0 Å². The van der Waals surface area contributed by atoms with Crippen molar-refractivity contribution in [1.29, 1.82) is 0 Å². The van der Waals surface area contributed by atoms with E-state index < -0.39 is 23.3 Å². The number of ether oxygens (including phenoxy) is 1. The Kier molecular flexibility index (Phi) is 4.50. The Bertz CT molecular complexity index is 691. The van der Waals surface area contributed by atoms with Crippen LogP contribution in [-0.2, 0) is 10.9 Å². The Morgan fingerprint density at radius 1 is 1.23 bits per heavy atom. The molecule has 0 aromatic carbocycles. The molecular weight excluding hydrogens is 349 g/mol. The lowest BCUT2D eigenvalue weighted by Gasteiger charge is -2.28. The Morgan fingerprint density at radius 3 is 2.62 bits per heavy atom. The van der Waals surface area contributed by atoms with E-state index in [1.54, 1.807) is 0 Å². The molecule has 142 valence electrons. The number of rotatable bonds is 3. The summed E-state index contributed by atoms with van der Waals surface area (Å²) < 4.78 is 45.7. The minimum atomic E-state index is -4.72. The molecule has 1 aromatic heterocycles. The van der Waals surface area contributed by atoms with Crippen LogP contribution < -0.4 is 5.32 Å². The molecule has 3 fully saturated rings. The highest BCUT2D eigenvalue weighted by Crippen LogP contribution is 2.45. The van der Waals surface area contributed by atoms with Gasteiger partial charge in [-0.15, -0.1) is 0 Å². The fourth-order valence-corrected chi connectivity index (χ4v) is 4.35. The van der Waals surface area contributed by atoms with Crippen molar-refractivity contribution < 1.29 is 22.7 Å². The van der Waals surface area contributed by atoms with Gasteiger partial charge in [-0.05, 0) is 31.1 Å². The first-order valence-electron chi connectivity index (χ1n) is 8.99. The van der Waals surface area contributed by atoms with Crippen LogP contribution in [0.4, 0.5) is 19.1 Å². The number of nitrogens with one attached hydrogen (secondary N) is 1. The van der Waals surface area contributed by atoms with E-state index in [1.807, 2.05) is 0 Å². The lowest BCUT2D eigenvalue weighted by atomic mass is 9.95. The lowest BCUT2D eigenvalue weighted by molar-refractivity contribution is -0.141. The number of hydrogen-bond acceptors (Lipinski definition) is 5. The van der Waals surface area contributed by atoms with Gasteiger partial charge in [0, 0.05) is 25.3 Å². The van der Waals surface area contributed by atoms with Crippen LogP contribution >= 0.6 is 0 Å². The number of fused-ring (bicyclic) bond motifs is 2. The second-order valence-corrected chi connectivity index (χ2v) is 7.28. The summed E-state index contributed by atoms with van der Waals surface area (Å²) in [6.07, 6.45) is 0.655. The summed E-state index contributed by atoms with van der Waals surface area (Å²) in [5, 5.41) is 3.06. The average Bonchev–Trinajstić information content (AvgIpc) is 3.24. The Labute approximate surface area is 149 Å². The molecule has 3 atom stereocenters. The number of aromatic nitrogens is 2. The molecule has 3 aliphatic rings. The van der Waals surface area contributed by atoms with Gasteiger partial charge in [0.25, 0.3) is 5.91 Å². The van der Waals surface area contributed by atoms with Gasteiger partial charge < -0.3 is 15.0 Å². The molecule has 6 nitrogen and oxygen atoms in total. The van der Waals surface area contributed by atoms with Crippen molar-refractivity contribution in [2.45, 2.75) is 37.9 Å². The molecule has 2 bridgehead atoms. The first-order valence-corrected chi connectivity index (χ1v) is 8.99. The highest BCUT2D eigenvalue weighted by molar-refractivity contribution is 5.95. The third kappa shape index (κ3) is 3.36. The summed E-state index contributed by atoms with van der Waals surface area (Å²) in [6.45, 7) is 1.16. The molecule has 0 unspecified atom stereocenters.